The van der Waals surface area contributed by atoms with Crippen LogP contribution in [0.1, 0.15) is 58.3 Å². The Morgan fingerprint density at radius 2 is 1.86 bits per heavy atom. The Morgan fingerprint density at radius 1 is 1.18 bits per heavy atom. The highest BCUT2D eigenvalue weighted by Gasteiger charge is 2.29. The largest absolute Gasteiger partial charge is 0.218 e. The van der Waals surface area contributed by atoms with Gasteiger partial charge in [-0.1, -0.05) is 50.8 Å². The minimum absolute atomic E-state index is 0.136. The molecular weight excluding hydrogens is 292 g/mol. The molecule has 2 rings (SSSR count). The van der Waals surface area contributed by atoms with Crippen molar-refractivity contribution < 1.29 is 8.42 Å². The second-order valence-corrected chi connectivity index (χ2v) is 7.92. The van der Waals surface area contributed by atoms with Gasteiger partial charge in [0.25, 0.3) is 0 Å². The van der Waals surface area contributed by atoms with E-state index in [1.54, 1.807) is 24.3 Å². The second kappa shape index (κ2) is 8.36. The number of hydrogen-bond acceptors (Lipinski definition) is 2. The molecule has 0 atom stereocenters. The lowest BCUT2D eigenvalue weighted by atomic mass is 9.89. The molecule has 0 N–H and O–H groups in total. The summed E-state index contributed by atoms with van der Waals surface area (Å²) in [7, 11) is -3.41. The second-order valence-electron chi connectivity index (χ2n) is 6.01. The molecule has 1 fully saturated rings. The maximum atomic E-state index is 13.0. The van der Waals surface area contributed by atoms with Gasteiger partial charge in [0.2, 0.25) is 9.84 Å². The van der Waals surface area contributed by atoms with Gasteiger partial charge in [-0.25, -0.2) is 8.42 Å². The van der Waals surface area contributed by atoms with Gasteiger partial charge in [0.1, 0.15) is 0 Å². The van der Waals surface area contributed by atoms with Crippen molar-refractivity contribution in [2.45, 2.75) is 63.2 Å². The third kappa shape index (κ3) is 4.34. The van der Waals surface area contributed by atoms with Crippen LogP contribution in [-0.2, 0) is 9.84 Å². The summed E-state index contributed by atoms with van der Waals surface area (Å²) in [5.74, 6) is 0.136. The Bertz CT molecular complexity index is 617. The van der Waals surface area contributed by atoms with Gasteiger partial charge >= 0.3 is 0 Å². The molecule has 0 heterocycles. The van der Waals surface area contributed by atoms with E-state index >= 15 is 0 Å². The molecule has 2 nitrogen and oxygen atoms in total. The maximum absolute atomic E-state index is 13.0. The van der Waals surface area contributed by atoms with Crippen LogP contribution in [-0.4, -0.2) is 8.42 Å². The summed E-state index contributed by atoms with van der Waals surface area (Å²) < 4.78 is 26.0. The Kier molecular flexibility index (Phi) is 6.48. The lowest BCUT2D eigenvalue weighted by Crippen LogP contribution is -2.16. The molecule has 0 aliphatic heterocycles. The maximum Gasteiger partial charge on any atom is 0.210 e. The van der Waals surface area contributed by atoms with Crippen molar-refractivity contribution >= 4 is 9.84 Å². The van der Waals surface area contributed by atoms with Gasteiger partial charge in [0.05, 0.1) is 9.80 Å². The van der Waals surface area contributed by atoms with E-state index in [-0.39, 0.29) is 5.92 Å². The molecule has 3 heteroatoms. The highest BCUT2D eigenvalue weighted by molar-refractivity contribution is 7.95. The van der Waals surface area contributed by atoms with Crippen molar-refractivity contribution in [3.63, 3.8) is 0 Å². The first-order chi connectivity index (χ1) is 10.7. The van der Waals surface area contributed by atoms with Gasteiger partial charge < -0.3 is 0 Å². The summed E-state index contributed by atoms with van der Waals surface area (Å²) in [6.07, 6.45) is 10.4. The van der Waals surface area contributed by atoms with Crippen molar-refractivity contribution in [1.29, 1.82) is 0 Å². The molecule has 1 aromatic rings. The molecule has 1 aromatic carbocycles. The average molecular weight is 318 g/mol. The Labute approximate surface area is 134 Å². The predicted octanol–water partition coefficient (Wildman–Crippen LogP) is 5.27. The van der Waals surface area contributed by atoms with Crippen LogP contribution in [0.2, 0.25) is 0 Å². The van der Waals surface area contributed by atoms with E-state index in [0.717, 1.165) is 44.9 Å². The van der Waals surface area contributed by atoms with Crippen molar-refractivity contribution in [2.75, 3.05) is 0 Å². The highest BCUT2D eigenvalue weighted by atomic mass is 32.2. The van der Waals surface area contributed by atoms with E-state index in [0.29, 0.717) is 9.80 Å². The predicted molar refractivity (Wildman–Crippen MR) is 91.3 cm³/mol. The fourth-order valence-electron chi connectivity index (χ4n) is 2.99. The zero-order chi connectivity index (χ0) is 15.8. The van der Waals surface area contributed by atoms with Crippen molar-refractivity contribution in [2.24, 2.45) is 5.92 Å². The topological polar surface area (TPSA) is 34.1 Å². The third-order valence-corrected chi connectivity index (χ3v) is 6.19. The van der Waals surface area contributed by atoms with Gasteiger partial charge in [0, 0.05) is 5.92 Å². The molecule has 22 heavy (non-hydrogen) atoms. The SMILES string of the molecule is CCCCC=C=C(C1CCCCC1)S(=O)(=O)c1ccccc1. The van der Waals surface area contributed by atoms with Crippen LogP contribution in [0.3, 0.4) is 0 Å². The molecular formula is C19H26O2S. The lowest BCUT2D eigenvalue weighted by Gasteiger charge is -2.23. The molecule has 0 spiro atoms. The smallest absolute Gasteiger partial charge is 0.210 e. The van der Waals surface area contributed by atoms with Gasteiger partial charge in [-0.05, 0) is 43.9 Å². The third-order valence-electron chi connectivity index (χ3n) is 4.27. The first-order valence-corrected chi connectivity index (χ1v) is 9.89. The normalized spacial score (nSPS) is 16.0. The van der Waals surface area contributed by atoms with Crippen LogP contribution in [0.15, 0.2) is 51.9 Å². The fourth-order valence-corrected chi connectivity index (χ4v) is 4.67. The molecule has 0 saturated heterocycles. The molecule has 0 amide bonds. The average Bonchev–Trinajstić information content (AvgIpc) is 2.56. The summed E-state index contributed by atoms with van der Waals surface area (Å²) in [6.45, 7) is 2.14. The molecule has 1 aliphatic carbocycles. The summed E-state index contributed by atoms with van der Waals surface area (Å²) in [5.41, 5.74) is 3.17. The van der Waals surface area contributed by atoms with E-state index in [1.807, 2.05) is 12.1 Å². The number of unbranched alkanes of at least 4 members (excludes halogenated alkanes) is 2. The minimum Gasteiger partial charge on any atom is -0.218 e. The molecule has 0 aromatic heterocycles. The van der Waals surface area contributed by atoms with Crippen LogP contribution < -0.4 is 0 Å². The minimum atomic E-state index is -3.41. The first kappa shape index (κ1) is 17.1. The van der Waals surface area contributed by atoms with Crippen LogP contribution in [0.5, 0.6) is 0 Å². The first-order valence-electron chi connectivity index (χ1n) is 8.41. The molecule has 1 saturated carbocycles. The summed E-state index contributed by atoms with van der Waals surface area (Å²) in [6, 6.07) is 8.79. The van der Waals surface area contributed by atoms with Crippen molar-refractivity contribution in [3.05, 3.63) is 47.0 Å². The molecule has 0 radical (unpaired) electrons. The number of hydrogen-bond donors (Lipinski definition) is 0. The van der Waals surface area contributed by atoms with Gasteiger partial charge in [-0.3, -0.25) is 0 Å². The Balaban J connectivity index is 2.37. The van der Waals surface area contributed by atoms with Crippen LogP contribution in [0, 0.1) is 5.92 Å². The van der Waals surface area contributed by atoms with Gasteiger partial charge in [-0.2, -0.15) is 0 Å². The number of allylic oxidation sites excluding steroid dienone is 1. The van der Waals surface area contributed by atoms with E-state index in [9.17, 15) is 8.42 Å². The summed E-state index contributed by atoms with van der Waals surface area (Å²) >= 11 is 0. The number of sulfone groups is 1. The summed E-state index contributed by atoms with van der Waals surface area (Å²) in [4.78, 5) is 0.904. The van der Waals surface area contributed by atoms with Crippen LogP contribution >= 0.6 is 0 Å². The summed E-state index contributed by atoms with van der Waals surface area (Å²) in [5, 5.41) is 0. The van der Waals surface area contributed by atoms with Crippen LogP contribution in [0.25, 0.3) is 0 Å². The lowest BCUT2D eigenvalue weighted by molar-refractivity contribution is 0.411. The van der Waals surface area contributed by atoms with Crippen molar-refractivity contribution in [3.8, 4) is 0 Å². The molecule has 1 aliphatic rings. The van der Waals surface area contributed by atoms with E-state index in [4.69, 9.17) is 0 Å². The van der Waals surface area contributed by atoms with E-state index < -0.39 is 9.84 Å². The monoisotopic (exact) mass is 318 g/mol. The number of rotatable bonds is 6. The standard InChI is InChI=1S/C19H26O2S/c1-2-3-4-11-16-19(17-12-7-5-8-13-17)22(20,21)18-14-9-6-10-15-18/h6,9-11,14-15,17H,2-5,7-8,12-13H2,1H3. The number of benzene rings is 1. The van der Waals surface area contributed by atoms with E-state index in [2.05, 4.69) is 12.7 Å². The zero-order valence-electron chi connectivity index (χ0n) is 13.4. The van der Waals surface area contributed by atoms with Crippen molar-refractivity contribution in [1.82, 2.24) is 0 Å². The highest BCUT2D eigenvalue weighted by Crippen LogP contribution is 2.34. The van der Waals surface area contributed by atoms with Gasteiger partial charge in [-0.15, -0.1) is 5.73 Å². The molecule has 0 bridgehead atoms. The Hall–Kier alpha value is -1.31. The van der Waals surface area contributed by atoms with Gasteiger partial charge in [0.15, 0.2) is 0 Å². The molecule has 0 unspecified atom stereocenters. The zero-order valence-corrected chi connectivity index (χ0v) is 14.2. The molecule has 120 valence electrons. The van der Waals surface area contributed by atoms with E-state index in [1.165, 1.54) is 6.42 Å². The quantitative estimate of drug-likeness (QED) is 0.529. The Morgan fingerprint density at radius 3 is 2.50 bits per heavy atom. The van der Waals surface area contributed by atoms with Crippen LogP contribution in [0.4, 0.5) is 0 Å². The fraction of sp³-hybridized carbons (Fsp3) is 0.526.